The van der Waals surface area contributed by atoms with E-state index >= 15 is 0 Å². The minimum absolute atomic E-state index is 0.136. The average molecular weight is 636 g/mol. The predicted octanol–water partition coefficient (Wildman–Crippen LogP) is 6.32. The molecule has 0 bridgehead atoms. The van der Waals surface area contributed by atoms with Crippen molar-refractivity contribution in [3.8, 4) is 11.5 Å². The van der Waals surface area contributed by atoms with Crippen molar-refractivity contribution < 1.29 is 29.6 Å². The van der Waals surface area contributed by atoms with Crippen LogP contribution in [0, 0.1) is 17.8 Å². The number of carbonyl (C=O) groups is 2. The number of phenolic OH excluding ortho intramolecular Hbond substituents is 1. The van der Waals surface area contributed by atoms with Crippen LogP contribution in [-0.4, -0.2) is 51.4 Å². The van der Waals surface area contributed by atoms with Crippen LogP contribution < -0.4 is 4.74 Å². The highest BCUT2D eigenvalue weighted by atomic mass is 32.1. The van der Waals surface area contributed by atoms with E-state index in [1.54, 1.807) is 12.1 Å². The lowest BCUT2D eigenvalue weighted by Crippen LogP contribution is -2.40. The number of aliphatic hydroxyl groups excluding tert-OH is 2. The zero-order valence-corrected chi connectivity index (χ0v) is 26.2. The maximum absolute atomic E-state index is 13.8. The summed E-state index contributed by atoms with van der Waals surface area (Å²) in [6.07, 6.45) is 2.18. The van der Waals surface area contributed by atoms with E-state index < -0.39 is 23.9 Å². The van der Waals surface area contributed by atoms with Gasteiger partial charge in [-0.05, 0) is 82.8 Å². The Morgan fingerprint density at radius 2 is 1.65 bits per heavy atom. The molecule has 4 atom stereocenters. The van der Waals surface area contributed by atoms with E-state index in [1.165, 1.54) is 16.2 Å². The van der Waals surface area contributed by atoms with E-state index in [1.807, 2.05) is 96.4 Å². The molecule has 7 nitrogen and oxygen atoms in total. The third-order valence-electron chi connectivity index (χ3n) is 8.95. The van der Waals surface area contributed by atoms with Gasteiger partial charge in [0.05, 0.1) is 31.1 Å². The van der Waals surface area contributed by atoms with Gasteiger partial charge in [0.2, 0.25) is 11.8 Å². The molecule has 4 aromatic rings. The highest BCUT2D eigenvalue weighted by Crippen LogP contribution is 2.47. The molecule has 1 fully saturated rings. The maximum Gasteiger partial charge on any atom is 0.234 e. The number of imide groups is 1. The van der Waals surface area contributed by atoms with Gasteiger partial charge in [-0.3, -0.25) is 14.5 Å². The first-order valence-corrected chi connectivity index (χ1v) is 16.4. The largest absolute Gasteiger partial charge is 0.508 e. The predicted molar refractivity (Wildman–Crippen MR) is 179 cm³/mol. The lowest BCUT2D eigenvalue weighted by molar-refractivity contribution is -0.140. The molecule has 1 aromatic heterocycles. The molecule has 1 aliphatic heterocycles. The van der Waals surface area contributed by atoms with Crippen LogP contribution in [-0.2, 0) is 16.1 Å². The molecule has 2 amide bonds. The number of aliphatic hydroxyl groups is 2. The smallest absolute Gasteiger partial charge is 0.234 e. The van der Waals surface area contributed by atoms with E-state index in [9.17, 15) is 24.9 Å². The number of benzene rings is 3. The van der Waals surface area contributed by atoms with Crippen molar-refractivity contribution in [2.75, 3.05) is 13.2 Å². The molecule has 6 rings (SSSR count). The normalized spacial score (nSPS) is 20.6. The second-order valence-corrected chi connectivity index (χ2v) is 12.8. The molecule has 8 heteroatoms. The summed E-state index contributed by atoms with van der Waals surface area (Å²) >= 11 is 1.49. The Morgan fingerprint density at radius 3 is 2.33 bits per heavy atom. The molecule has 0 radical (unpaired) electrons. The van der Waals surface area contributed by atoms with Gasteiger partial charge in [0, 0.05) is 10.8 Å². The maximum atomic E-state index is 13.8. The Hall–Kier alpha value is -4.50. The van der Waals surface area contributed by atoms with Gasteiger partial charge < -0.3 is 20.1 Å². The molecule has 46 heavy (non-hydrogen) atoms. The summed E-state index contributed by atoms with van der Waals surface area (Å²) in [4.78, 5) is 29.7. The molecule has 1 aliphatic carbocycles. The van der Waals surface area contributed by atoms with Gasteiger partial charge in [-0.2, -0.15) is 0 Å². The first-order chi connectivity index (χ1) is 22.4. The van der Waals surface area contributed by atoms with Crippen molar-refractivity contribution in [3.63, 3.8) is 0 Å². The first kappa shape index (κ1) is 31.5. The second kappa shape index (κ2) is 14.3. The Bertz CT molecular complexity index is 1700. The molecule has 2 aliphatic rings. The Morgan fingerprint density at radius 1 is 0.935 bits per heavy atom. The van der Waals surface area contributed by atoms with Gasteiger partial charge in [0.15, 0.2) is 0 Å². The van der Waals surface area contributed by atoms with Gasteiger partial charge in [0.1, 0.15) is 18.1 Å². The summed E-state index contributed by atoms with van der Waals surface area (Å²) in [5.74, 6) is -1.78. The summed E-state index contributed by atoms with van der Waals surface area (Å²) in [6, 6.07) is 30.0. The summed E-state index contributed by atoms with van der Waals surface area (Å²) < 4.78 is 6.13. The first-order valence-electron chi connectivity index (χ1n) is 15.5. The summed E-state index contributed by atoms with van der Waals surface area (Å²) in [5, 5.41) is 34.4. The number of carbonyl (C=O) groups excluding carboxylic acids is 2. The lowest BCUT2D eigenvalue weighted by atomic mass is 9.68. The summed E-state index contributed by atoms with van der Waals surface area (Å²) in [6.45, 7) is -0.0305. The molecule has 1 saturated heterocycles. The van der Waals surface area contributed by atoms with Crippen molar-refractivity contribution >= 4 is 34.8 Å². The third-order valence-corrected chi connectivity index (χ3v) is 9.81. The number of phenols is 1. The Kier molecular flexibility index (Phi) is 9.78. The number of aromatic hydroxyl groups is 1. The van der Waals surface area contributed by atoms with E-state index in [2.05, 4.69) is 0 Å². The van der Waals surface area contributed by atoms with Crippen molar-refractivity contribution in [2.24, 2.45) is 17.8 Å². The van der Waals surface area contributed by atoms with Gasteiger partial charge in [0.25, 0.3) is 0 Å². The van der Waals surface area contributed by atoms with Crippen molar-refractivity contribution in [3.05, 3.63) is 130 Å². The quantitative estimate of drug-likeness (QED) is 0.0955. The van der Waals surface area contributed by atoms with Crippen molar-refractivity contribution in [1.82, 2.24) is 4.90 Å². The van der Waals surface area contributed by atoms with Crippen molar-refractivity contribution in [2.45, 2.75) is 31.9 Å². The standard InChI is InChI=1S/C38H37NO6S/c40-23-33-35(34(42)18-15-27(26-8-3-1-4-9-26)20-25-13-16-29(41)17-14-25)28(24-45-30-10-5-2-6-11-30)21-32-36(33)38(44)39(37(32)43)22-31-12-7-19-46-31/h1-14,16-17,19-20,32-34,36,40-42H,15,18,21-24H2/b27-20-/t32-,33+,34-,36-/m1/s1. The highest BCUT2D eigenvalue weighted by molar-refractivity contribution is 7.09. The number of hydrogen-bond donors (Lipinski definition) is 3. The number of allylic oxidation sites excluding steroid dienone is 1. The number of thiophene rings is 1. The molecule has 0 spiro atoms. The number of rotatable bonds is 12. The molecule has 0 unspecified atom stereocenters. The minimum Gasteiger partial charge on any atom is -0.508 e. The van der Waals surface area contributed by atoms with Gasteiger partial charge in [-0.1, -0.05) is 72.8 Å². The molecular weight excluding hydrogens is 598 g/mol. The van der Waals surface area contributed by atoms with Gasteiger partial charge in [-0.15, -0.1) is 11.3 Å². The zero-order valence-electron chi connectivity index (χ0n) is 25.4. The third kappa shape index (κ3) is 6.84. The van der Waals surface area contributed by atoms with Crippen LogP contribution in [0.5, 0.6) is 11.5 Å². The Balaban J connectivity index is 1.31. The fraction of sp³-hybridized carbons (Fsp3) is 0.263. The molecule has 3 N–H and O–H groups in total. The average Bonchev–Trinajstić information content (AvgIpc) is 3.69. The molecular formula is C38H37NO6S. The molecule has 2 heterocycles. The summed E-state index contributed by atoms with van der Waals surface area (Å²) in [7, 11) is 0. The topological polar surface area (TPSA) is 107 Å². The van der Waals surface area contributed by atoms with Crippen LogP contribution in [0.25, 0.3) is 11.6 Å². The van der Waals surface area contributed by atoms with E-state index in [4.69, 9.17) is 4.74 Å². The Labute approximate surface area is 272 Å². The van der Waals surface area contributed by atoms with Crippen molar-refractivity contribution in [1.29, 1.82) is 0 Å². The number of likely N-dealkylation sites (tertiary alicyclic amines) is 1. The van der Waals surface area contributed by atoms with Gasteiger partial charge >= 0.3 is 0 Å². The fourth-order valence-electron chi connectivity index (χ4n) is 6.73. The molecule has 3 aromatic carbocycles. The second-order valence-electron chi connectivity index (χ2n) is 11.8. The lowest BCUT2D eigenvalue weighted by Gasteiger charge is -2.36. The fourth-order valence-corrected chi connectivity index (χ4v) is 7.42. The van der Waals surface area contributed by atoms with Crippen LogP contribution in [0.2, 0.25) is 0 Å². The number of amides is 2. The SMILES string of the molecule is O=C1[C@@H]2[C@@H](CC(COc3ccccc3)=C([C@H](O)CC/C(=C/c3ccc(O)cc3)c3ccccc3)[C@@H]2CO)C(=O)N1Cc1cccs1. The van der Waals surface area contributed by atoms with Gasteiger partial charge in [-0.25, -0.2) is 0 Å². The van der Waals surface area contributed by atoms with E-state index in [0.29, 0.717) is 24.2 Å². The number of nitrogens with zero attached hydrogens (tertiary/aromatic N) is 1. The number of ether oxygens (including phenoxy) is 1. The number of hydrogen-bond acceptors (Lipinski definition) is 7. The summed E-state index contributed by atoms with van der Waals surface area (Å²) in [5.41, 5.74) is 4.26. The number of fused-ring (bicyclic) bond motifs is 1. The van der Waals surface area contributed by atoms with Crippen LogP contribution in [0.4, 0.5) is 0 Å². The van der Waals surface area contributed by atoms with Crippen LogP contribution in [0.3, 0.4) is 0 Å². The minimum atomic E-state index is -0.978. The molecule has 236 valence electrons. The van der Waals surface area contributed by atoms with Crippen LogP contribution in [0.15, 0.2) is 114 Å². The van der Waals surface area contributed by atoms with Crippen LogP contribution in [0.1, 0.15) is 35.3 Å². The molecule has 0 saturated carbocycles. The van der Waals surface area contributed by atoms with E-state index in [0.717, 1.165) is 27.2 Å². The number of para-hydroxylation sites is 1. The van der Waals surface area contributed by atoms with E-state index in [-0.39, 0.29) is 43.7 Å². The van der Waals surface area contributed by atoms with Crippen LogP contribution >= 0.6 is 11.3 Å². The highest BCUT2D eigenvalue weighted by Gasteiger charge is 2.54. The monoisotopic (exact) mass is 635 g/mol. The zero-order chi connectivity index (χ0) is 32.0.